The Morgan fingerprint density at radius 3 is 2.34 bits per heavy atom. The molecule has 0 N–H and O–H groups in total. The Bertz CT molecular complexity index is 1650. The van der Waals surface area contributed by atoms with E-state index in [2.05, 4.69) is 0 Å². The van der Waals surface area contributed by atoms with E-state index in [1.807, 2.05) is 72.9 Å². The van der Waals surface area contributed by atoms with Gasteiger partial charge in [0.25, 0.3) is 5.91 Å². The molecule has 3 aromatic carbocycles. The highest BCUT2D eigenvalue weighted by atomic mass is 32.2. The minimum atomic E-state index is -3.64. The lowest BCUT2D eigenvalue weighted by Gasteiger charge is -2.14. The average molecular weight is 561 g/mol. The summed E-state index contributed by atoms with van der Waals surface area (Å²) in [6.45, 7) is 0.392. The van der Waals surface area contributed by atoms with Crippen LogP contribution in [0.5, 0.6) is 0 Å². The number of rotatable bonds is 7. The Kier molecular flexibility index (Phi) is 7.31. The zero-order valence-corrected chi connectivity index (χ0v) is 23.1. The van der Waals surface area contributed by atoms with E-state index in [-0.39, 0.29) is 10.8 Å². The van der Waals surface area contributed by atoms with Gasteiger partial charge in [-0.05, 0) is 35.9 Å². The van der Waals surface area contributed by atoms with Crippen molar-refractivity contribution in [3.8, 4) is 16.9 Å². The normalized spacial score (nSPS) is 15.1. The first kappa shape index (κ1) is 26.1. The van der Waals surface area contributed by atoms with Crippen LogP contribution in [0.2, 0.25) is 0 Å². The van der Waals surface area contributed by atoms with Crippen molar-refractivity contribution < 1.29 is 13.2 Å². The molecule has 1 aromatic heterocycles. The van der Waals surface area contributed by atoms with Crippen LogP contribution in [0, 0.1) is 0 Å². The molecule has 0 atom stereocenters. The molecule has 1 fully saturated rings. The van der Waals surface area contributed by atoms with Gasteiger partial charge in [-0.1, -0.05) is 84.6 Å². The molecular formula is C28H24N4O3S3. The van der Waals surface area contributed by atoms with E-state index in [1.165, 1.54) is 30.2 Å². The topological polar surface area (TPSA) is 75.5 Å². The van der Waals surface area contributed by atoms with Crippen LogP contribution in [0.1, 0.15) is 11.1 Å². The van der Waals surface area contributed by atoms with Gasteiger partial charge in [0.1, 0.15) is 10.0 Å². The molecule has 5 rings (SSSR count). The molecule has 1 aliphatic heterocycles. The van der Waals surface area contributed by atoms with Crippen molar-refractivity contribution in [2.75, 3.05) is 14.1 Å². The highest BCUT2D eigenvalue weighted by Crippen LogP contribution is 2.36. The van der Waals surface area contributed by atoms with Gasteiger partial charge in [-0.25, -0.2) is 17.4 Å². The first-order valence-corrected chi connectivity index (χ1v) is 14.4. The minimum absolute atomic E-state index is 0.161. The smallest absolute Gasteiger partial charge is 0.266 e. The van der Waals surface area contributed by atoms with Gasteiger partial charge in [0, 0.05) is 31.4 Å². The predicted octanol–water partition coefficient (Wildman–Crippen LogP) is 5.19. The number of thioether (sulfide) groups is 1. The number of nitrogens with zero attached hydrogens (tertiary/aromatic N) is 4. The van der Waals surface area contributed by atoms with Crippen molar-refractivity contribution >= 4 is 50.3 Å². The molecule has 0 spiro atoms. The summed E-state index contributed by atoms with van der Waals surface area (Å²) in [5.41, 5.74) is 3.67. The highest BCUT2D eigenvalue weighted by molar-refractivity contribution is 8.26. The lowest BCUT2D eigenvalue weighted by molar-refractivity contribution is -0.122. The van der Waals surface area contributed by atoms with Gasteiger partial charge in [-0.3, -0.25) is 9.69 Å². The molecule has 0 radical (unpaired) electrons. The van der Waals surface area contributed by atoms with E-state index in [1.54, 1.807) is 33.9 Å². The fraction of sp³-hybridized carbons (Fsp3) is 0.107. The lowest BCUT2D eigenvalue weighted by atomic mass is 10.1. The second-order valence-electron chi connectivity index (χ2n) is 8.78. The number of sulfonamides is 1. The van der Waals surface area contributed by atoms with E-state index >= 15 is 0 Å². The molecule has 1 saturated heterocycles. The number of para-hydroxylation sites is 1. The molecule has 1 aliphatic rings. The first-order valence-electron chi connectivity index (χ1n) is 11.7. The molecular weight excluding hydrogens is 537 g/mol. The molecule has 0 bridgehead atoms. The fourth-order valence-corrected chi connectivity index (χ4v) is 6.18. The Labute approximate surface area is 231 Å². The number of amides is 1. The summed E-state index contributed by atoms with van der Waals surface area (Å²) in [5.74, 6) is -0.175. The summed E-state index contributed by atoms with van der Waals surface area (Å²) in [6.07, 6.45) is 3.61. The number of thiocarbonyl (C=S) groups is 1. The van der Waals surface area contributed by atoms with Crippen molar-refractivity contribution in [2.45, 2.75) is 11.4 Å². The van der Waals surface area contributed by atoms with Gasteiger partial charge in [0.05, 0.1) is 22.0 Å². The number of aromatic nitrogens is 2. The lowest BCUT2D eigenvalue weighted by Crippen LogP contribution is -2.27. The zero-order chi connectivity index (χ0) is 26.9. The number of carbonyl (C=O) groups is 1. The SMILES string of the molecule is CN(C)S(=O)(=O)c1cccc(-c2nn(-c3ccccc3)cc2/C=C2\SC(=S)N(Cc3ccccc3)C2=O)c1. The molecule has 1 amide bonds. The maximum Gasteiger partial charge on any atom is 0.266 e. The van der Waals surface area contributed by atoms with Crippen molar-refractivity contribution in [1.82, 2.24) is 19.0 Å². The number of hydrogen-bond donors (Lipinski definition) is 0. The van der Waals surface area contributed by atoms with Gasteiger partial charge in [-0.15, -0.1) is 0 Å². The van der Waals surface area contributed by atoms with Gasteiger partial charge in [-0.2, -0.15) is 5.10 Å². The van der Waals surface area contributed by atoms with Crippen LogP contribution >= 0.6 is 24.0 Å². The average Bonchev–Trinajstić information content (AvgIpc) is 3.46. The summed E-state index contributed by atoms with van der Waals surface area (Å²) >= 11 is 6.78. The Morgan fingerprint density at radius 1 is 0.974 bits per heavy atom. The molecule has 0 saturated carbocycles. The predicted molar refractivity (Wildman–Crippen MR) is 155 cm³/mol. The Morgan fingerprint density at radius 2 is 1.66 bits per heavy atom. The van der Waals surface area contributed by atoms with E-state index < -0.39 is 10.0 Å². The highest BCUT2D eigenvalue weighted by Gasteiger charge is 2.32. The second-order valence-corrected chi connectivity index (χ2v) is 12.6. The number of carbonyl (C=O) groups excluding carboxylic acids is 1. The van der Waals surface area contributed by atoms with E-state index in [0.717, 1.165) is 11.3 Å². The van der Waals surface area contributed by atoms with Crippen molar-refractivity contribution in [2.24, 2.45) is 0 Å². The van der Waals surface area contributed by atoms with E-state index in [4.69, 9.17) is 17.3 Å². The number of benzene rings is 3. The van der Waals surface area contributed by atoms with E-state index in [0.29, 0.717) is 32.6 Å². The van der Waals surface area contributed by atoms with Gasteiger partial charge >= 0.3 is 0 Å². The molecule has 4 aromatic rings. The summed E-state index contributed by atoms with van der Waals surface area (Å²) in [4.78, 5) is 15.6. The first-order chi connectivity index (χ1) is 18.2. The molecule has 7 nitrogen and oxygen atoms in total. The summed E-state index contributed by atoms with van der Waals surface area (Å²) in [7, 11) is -0.650. The van der Waals surface area contributed by atoms with Crippen LogP contribution in [-0.4, -0.2) is 51.7 Å². The van der Waals surface area contributed by atoms with Crippen molar-refractivity contribution in [3.05, 3.63) is 107 Å². The van der Waals surface area contributed by atoms with Crippen LogP contribution in [0.3, 0.4) is 0 Å². The molecule has 38 heavy (non-hydrogen) atoms. The van der Waals surface area contributed by atoms with Crippen molar-refractivity contribution in [1.29, 1.82) is 0 Å². The summed E-state index contributed by atoms with van der Waals surface area (Å²) < 4.78 is 29.0. The Balaban J connectivity index is 1.57. The molecule has 0 aliphatic carbocycles. The quantitative estimate of drug-likeness (QED) is 0.229. The third kappa shape index (κ3) is 5.21. The standard InChI is InChI=1S/C28H24N4O3S3/c1-30(2)38(34,35)24-15-9-12-21(16-24)26-22(19-32(29-26)23-13-7-4-8-14-23)17-25-27(33)31(28(36)37-25)18-20-10-5-3-6-11-20/h3-17,19H,18H2,1-2H3/b25-17-. The van der Waals surface area contributed by atoms with Crippen LogP contribution in [0.15, 0.2) is 101 Å². The summed E-state index contributed by atoms with van der Waals surface area (Å²) in [5, 5.41) is 4.79. The largest absolute Gasteiger partial charge is 0.288 e. The monoisotopic (exact) mass is 560 g/mol. The van der Waals surface area contributed by atoms with Gasteiger partial charge in [0.2, 0.25) is 10.0 Å². The van der Waals surface area contributed by atoms with Gasteiger partial charge in [0.15, 0.2) is 0 Å². The molecule has 0 unspecified atom stereocenters. The summed E-state index contributed by atoms with van der Waals surface area (Å²) in [6, 6.07) is 26.0. The maximum absolute atomic E-state index is 13.3. The molecule has 192 valence electrons. The second kappa shape index (κ2) is 10.7. The molecule has 10 heteroatoms. The third-order valence-electron chi connectivity index (χ3n) is 5.99. The third-order valence-corrected chi connectivity index (χ3v) is 9.18. The van der Waals surface area contributed by atoms with Crippen LogP contribution in [0.4, 0.5) is 0 Å². The minimum Gasteiger partial charge on any atom is -0.288 e. The fourth-order valence-electron chi connectivity index (χ4n) is 3.99. The van der Waals surface area contributed by atoms with Crippen LogP contribution in [-0.2, 0) is 21.4 Å². The van der Waals surface area contributed by atoms with Crippen LogP contribution in [0.25, 0.3) is 23.0 Å². The number of hydrogen-bond acceptors (Lipinski definition) is 6. The van der Waals surface area contributed by atoms with Crippen LogP contribution < -0.4 is 0 Å². The van der Waals surface area contributed by atoms with Gasteiger partial charge < -0.3 is 0 Å². The maximum atomic E-state index is 13.3. The molecule has 2 heterocycles. The van der Waals surface area contributed by atoms with E-state index in [9.17, 15) is 13.2 Å². The van der Waals surface area contributed by atoms with Crippen molar-refractivity contribution in [3.63, 3.8) is 0 Å². The zero-order valence-electron chi connectivity index (χ0n) is 20.7. The Hall–Kier alpha value is -3.57.